The summed E-state index contributed by atoms with van der Waals surface area (Å²) in [6, 6.07) is 0. The van der Waals surface area contributed by atoms with Crippen LogP contribution < -0.4 is 0 Å². The van der Waals surface area contributed by atoms with Crippen LogP contribution in [-0.2, 0) is 0 Å². The minimum atomic E-state index is -0.293. The Balaban J connectivity index is 2.37. The van der Waals surface area contributed by atoms with E-state index >= 15 is 0 Å². The molecule has 1 heteroatoms. The molecule has 1 aliphatic rings. The Kier molecular flexibility index (Phi) is 7.57. The monoisotopic (exact) mass is 258 g/mol. The van der Waals surface area contributed by atoms with E-state index in [0.717, 1.165) is 25.7 Å². The van der Waals surface area contributed by atoms with E-state index in [0.29, 0.717) is 6.42 Å². The van der Waals surface area contributed by atoms with E-state index in [4.69, 9.17) is 0 Å². The maximum absolute atomic E-state index is 12.3. The van der Waals surface area contributed by atoms with Crippen LogP contribution in [0.1, 0.15) is 39.0 Å². The molecule has 0 aromatic carbocycles. The van der Waals surface area contributed by atoms with E-state index in [1.807, 2.05) is 12.2 Å². The van der Waals surface area contributed by atoms with Gasteiger partial charge in [0.15, 0.2) is 0 Å². The average molecular weight is 258 g/mol. The van der Waals surface area contributed by atoms with E-state index in [-0.39, 0.29) is 5.83 Å². The Morgan fingerprint density at radius 3 is 2.84 bits per heavy atom. The summed E-state index contributed by atoms with van der Waals surface area (Å²) >= 11 is 0. The van der Waals surface area contributed by atoms with Crippen LogP contribution in [0.3, 0.4) is 0 Å². The molecule has 0 heterocycles. The van der Waals surface area contributed by atoms with Crippen molar-refractivity contribution in [3.05, 3.63) is 72.2 Å². The summed E-state index contributed by atoms with van der Waals surface area (Å²) in [5.41, 5.74) is 2.89. The van der Waals surface area contributed by atoms with Crippen LogP contribution >= 0.6 is 0 Å². The van der Waals surface area contributed by atoms with Crippen LogP contribution in [0, 0.1) is 0 Å². The predicted octanol–water partition coefficient (Wildman–Crippen LogP) is 5.98. The van der Waals surface area contributed by atoms with Gasteiger partial charge < -0.3 is 0 Å². The molecule has 1 rings (SSSR count). The molecule has 0 unspecified atom stereocenters. The van der Waals surface area contributed by atoms with Gasteiger partial charge in [0.05, 0.1) is 5.83 Å². The van der Waals surface area contributed by atoms with E-state index < -0.39 is 0 Å². The van der Waals surface area contributed by atoms with Crippen molar-refractivity contribution in [2.45, 2.75) is 39.0 Å². The zero-order chi connectivity index (χ0) is 13.9. The van der Waals surface area contributed by atoms with Crippen LogP contribution in [-0.4, -0.2) is 0 Å². The van der Waals surface area contributed by atoms with E-state index in [1.165, 1.54) is 11.1 Å². The summed E-state index contributed by atoms with van der Waals surface area (Å²) in [5.74, 6) is -0.293. The molecule has 1 aliphatic carbocycles. The molecule has 0 aliphatic heterocycles. The molecular formula is C18H23F. The highest BCUT2D eigenvalue weighted by molar-refractivity contribution is 5.28. The topological polar surface area (TPSA) is 0 Å². The van der Waals surface area contributed by atoms with Crippen LogP contribution in [0.25, 0.3) is 0 Å². The Bertz CT molecular complexity index is 431. The normalized spacial score (nSPS) is 21.8. The largest absolute Gasteiger partial charge is 0.212 e. The molecule has 0 aromatic rings. The average Bonchev–Trinajstić information content (AvgIpc) is 2.35. The third-order valence-corrected chi connectivity index (χ3v) is 3.03. The van der Waals surface area contributed by atoms with Gasteiger partial charge in [-0.2, -0.15) is 0 Å². The first-order valence-electron chi connectivity index (χ1n) is 6.85. The quantitative estimate of drug-likeness (QED) is 0.406. The minimum absolute atomic E-state index is 0.293. The summed E-state index contributed by atoms with van der Waals surface area (Å²) in [5, 5.41) is 0. The second-order valence-electron chi connectivity index (χ2n) is 4.74. The number of rotatable bonds is 6. The summed E-state index contributed by atoms with van der Waals surface area (Å²) < 4.78 is 12.3. The van der Waals surface area contributed by atoms with Crippen molar-refractivity contribution in [2.75, 3.05) is 0 Å². The van der Waals surface area contributed by atoms with Gasteiger partial charge >= 0.3 is 0 Å². The summed E-state index contributed by atoms with van der Waals surface area (Å²) in [7, 11) is 0. The lowest BCUT2D eigenvalue weighted by molar-refractivity contribution is 0.622. The summed E-state index contributed by atoms with van der Waals surface area (Å²) in [6.45, 7) is 5.41. The molecule has 0 saturated carbocycles. The van der Waals surface area contributed by atoms with E-state index in [9.17, 15) is 4.39 Å². The third kappa shape index (κ3) is 7.40. The fourth-order valence-electron chi connectivity index (χ4n) is 1.90. The minimum Gasteiger partial charge on any atom is -0.212 e. The van der Waals surface area contributed by atoms with E-state index in [1.54, 1.807) is 6.08 Å². The lowest BCUT2D eigenvalue weighted by Gasteiger charge is -2.07. The number of hydrogen-bond acceptors (Lipinski definition) is 0. The van der Waals surface area contributed by atoms with Crippen molar-refractivity contribution >= 4 is 0 Å². The first kappa shape index (κ1) is 15.4. The van der Waals surface area contributed by atoms with Crippen molar-refractivity contribution in [2.24, 2.45) is 0 Å². The first-order chi connectivity index (χ1) is 9.20. The van der Waals surface area contributed by atoms with Gasteiger partial charge in [-0.3, -0.25) is 0 Å². The Hall–Kier alpha value is -1.63. The van der Waals surface area contributed by atoms with E-state index in [2.05, 4.69) is 43.9 Å². The maximum atomic E-state index is 12.3. The Morgan fingerprint density at radius 1 is 1.26 bits per heavy atom. The first-order valence-corrected chi connectivity index (χ1v) is 6.85. The fraction of sp³-hybridized carbons (Fsp3) is 0.333. The third-order valence-electron chi connectivity index (χ3n) is 3.03. The highest BCUT2D eigenvalue weighted by Crippen LogP contribution is 2.18. The lowest BCUT2D eigenvalue weighted by atomic mass is 9.99. The van der Waals surface area contributed by atoms with Gasteiger partial charge in [0, 0.05) is 6.42 Å². The van der Waals surface area contributed by atoms with Crippen LogP contribution in [0.5, 0.6) is 0 Å². The highest BCUT2D eigenvalue weighted by atomic mass is 19.1. The van der Waals surface area contributed by atoms with Crippen LogP contribution in [0.4, 0.5) is 4.39 Å². The molecule has 0 spiro atoms. The van der Waals surface area contributed by atoms with Crippen molar-refractivity contribution in [1.82, 2.24) is 0 Å². The highest BCUT2D eigenvalue weighted by Gasteiger charge is 1.98. The van der Waals surface area contributed by atoms with Gasteiger partial charge in [0.25, 0.3) is 0 Å². The second kappa shape index (κ2) is 9.32. The van der Waals surface area contributed by atoms with Gasteiger partial charge in [-0.15, -0.1) is 0 Å². The number of hydrogen-bond donors (Lipinski definition) is 0. The van der Waals surface area contributed by atoms with Crippen molar-refractivity contribution in [1.29, 1.82) is 0 Å². The van der Waals surface area contributed by atoms with Crippen molar-refractivity contribution in [3.63, 3.8) is 0 Å². The SMILES string of the molecule is C=C(F)C/C=C\C=C/CCC1=C(\C)CC=CC/C=C\1. The predicted molar refractivity (Wildman–Crippen MR) is 82.6 cm³/mol. The molecule has 0 atom stereocenters. The molecule has 0 bridgehead atoms. The number of allylic oxidation sites excluding steroid dienone is 11. The molecule has 0 N–H and O–H groups in total. The lowest BCUT2D eigenvalue weighted by Crippen LogP contribution is -1.87. The standard InChI is InChI=1S/C18H23F/c1-16-12-8-6-7-11-15-18(16)14-10-5-3-4-9-13-17(2)19/h3-6,8-9,11,15H,2,7,10,12-14H2,1H3/b5-3-,8-6?,9-4-,15-11-,18-16-. The molecule has 102 valence electrons. The molecule has 0 aromatic heterocycles. The van der Waals surface area contributed by atoms with Crippen LogP contribution in [0.2, 0.25) is 0 Å². The van der Waals surface area contributed by atoms with Gasteiger partial charge in [-0.05, 0) is 38.2 Å². The molecule has 0 nitrogen and oxygen atoms in total. The molecule has 0 radical (unpaired) electrons. The molecule has 0 fully saturated rings. The Morgan fingerprint density at radius 2 is 2.05 bits per heavy atom. The smallest absolute Gasteiger partial charge is 0.0965 e. The molecule has 19 heavy (non-hydrogen) atoms. The summed E-state index contributed by atoms with van der Waals surface area (Å²) in [4.78, 5) is 0. The van der Waals surface area contributed by atoms with Gasteiger partial charge in [-0.1, -0.05) is 60.8 Å². The summed E-state index contributed by atoms with van der Waals surface area (Å²) in [6.07, 6.45) is 21.1. The zero-order valence-electron chi connectivity index (χ0n) is 11.7. The van der Waals surface area contributed by atoms with Crippen molar-refractivity contribution in [3.8, 4) is 0 Å². The second-order valence-corrected chi connectivity index (χ2v) is 4.74. The molecular weight excluding hydrogens is 235 g/mol. The van der Waals surface area contributed by atoms with Gasteiger partial charge in [-0.25, -0.2) is 4.39 Å². The molecule has 0 amide bonds. The maximum Gasteiger partial charge on any atom is 0.0965 e. The Labute approximate surface area is 116 Å². The van der Waals surface area contributed by atoms with Crippen molar-refractivity contribution < 1.29 is 4.39 Å². The van der Waals surface area contributed by atoms with Gasteiger partial charge in [0.2, 0.25) is 0 Å². The fourth-order valence-corrected chi connectivity index (χ4v) is 1.90. The van der Waals surface area contributed by atoms with Gasteiger partial charge in [0.1, 0.15) is 0 Å². The number of halogens is 1. The van der Waals surface area contributed by atoms with Crippen LogP contribution in [0.15, 0.2) is 72.2 Å². The molecule has 0 saturated heterocycles. The zero-order valence-corrected chi connectivity index (χ0v) is 11.7.